The lowest BCUT2D eigenvalue weighted by Crippen LogP contribution is -2.27. The summed E-state index contributed by atoms with van der Waals surface area (Å²) in [5.74, 6) is 0. The monoisotopic (exact) mass is 151 g/mol. The van der Waals surface area contributed by atoms with Crippen molar-refractivity contribution < 1.29 is 8.76 Å². The van der Waals surface area contributed by atoms with Gasteiger partial charge in [0.25, 0.3) is 0 Å². The second-order valence-electron chi connectivity index (χ2n) is 1.93. The highest BCUT2D eigenvalue weighted by molar-refractivity contribution is 7.77. The molecule has 5 heteroatoms. The average Bonchev–Trinajstić information content (AvgIpc) is 1.63. The molecule has 0 fully saturated rings. The third kappa shape index (κ3) is 8.03. The first-order chi connectivity index (χ1) is 4.13. The Hall–Kier alpha value is 0.0300. The van der Waals surface area contributed by atoms with Crippen LogP contribution in [0.2, 0.25) is 0 Å². The summed E-state index contributed by atoms with van der Waals surface area (Å²) < 4.78 is 22.0. The van der Waals surface area contributed by atoms with Gasteiger partial charge in [-0.1, -0.05) is 0 Å². The second kappa shape index (κ2) is 4.87. The van der Waals surface area contributed by atoms with Crippen LogP contribution in [0, 0.1) is 0 Å². The number of hydrogen-bond acceptors (Lipinski definition) is 3. The quantitative estimate of drug-likeness (QED) is 0.521. The van der Waals surface area contributed by atoms with Gasteiger partial charge in [-0.3, -0.25) is 4.21 Å². The molecule has 0 amide bonds. The highest BCUT2D eigenvalue weighted by Gasteiger charge is 1.86. The first-order valence-corrected chi connectivity index (χ1v) is 3.68. The van der Waals surface area contributed by atoms with Gasteiger partial charge in [0.15, 0.2) is 0 Å². The van der Waals surface area contributed by atoms with Crippen LogP contribution in [-0.2, 0) is 11.3 Å². The predicted octanol–water partition coefficient (Wildman–Crippen LogP) is -1.07. The van der Waals surface area contributed by atoms with E-state index in [9.17, 15) is 8.76 Å². The minimum Gasteiger partial charge on any atom is -0.760 e. The van der Waals surface area contributed by atoms with Crippen LogP contribution in [0.3, 0.4) is 0 Å². The lowest BCUT2D eigenvalue weighted by molar-refractivity contribution is 0.410. The van der Waals surface area contributed by atoms with Gasteiger partial charge >= 0.3 is 0 Å². The predicted molar refractivity (Wildman–Crippen MR) is 35.5 cm³/mol. The van der Waals surface area contributed by atoms with Crippen LogP contribution in [0.1, 0.15) is 0 Å². The van der Waals surface area contributed by atoms with Gasteiger partial charge in [0.2, 0.25) is 0 Å². The van der Waals surface area contributed by atoms with Crippen molar-refractivity contribution in [1.82, 2.24) is 9.62 Å². The third-order valence-electron chi connectivity index (χ3n) is 0.779. The third-order valence-corrected chi connectivity index (χ3v) is 1.22. The Labute approximate surface area is 57.7 Å². The van der Waals surface area contributed by atoms with Crippen molar-refractivity contribution in [3.8, 4) is 0 Å². The minimum absolute atomic E-state index is 0.475. The van der Waals surface area contributed by atoms with E-state index in [-0.39, 0.29) is 0 Å². The molecule has 1 N–H and O–H groups in total. The van der Waals surface area contributed by atoms with Gasteiger partial charge in [-0.15, -0.1) is 0 Å². The fourth-order valence-corrected chi connectivity index (χ4v) is 0.611. The molecule has 1 atom stereocenters. The van der Waals surface area contributed by atoms with Gasteiger partial charge in [-0.05, 0) is 14.1 Å². The van der Waals surface area contributed by atoms with E-state index in [1.165, 1.54) is 0 Å². The molecule has 0 aliphatic rings. The summed E-state index contributed by atoms with van der Waals surface area (Å²) in [6, 6.07) is 0. The zero-order chi connectivity index (χ0) is 7.28. The summed E-state index contributed by atoms with van der Waals surface area (Å²) in [7, 11) is 3.77. The van der Waals surface area contributed by atoms with E-state index in [2.05, 4.69) is 4.72 Å². The molecule has 0 saturated carbocycles. The lowest BCUT2D eigenvalue weighted by Gasteiger charge is -2.10. The zero-order valence-corrected chi connectivity index (χ0v) is 6.40. The number of rotatable bonds is 4. The van der Waals surface area contributed by atoms with Crippen molar-refractivity contribution >= 4 is 11.3 Å². The molecule has 0 spiro atoms. The summed E-state index contributed by atoms with van der Waals surface area (Å²) in [4.78, 5) is 1.90. The molecule has 0 saturated heterocycles. The first-order valence-electron chi connectivity index (χ1n) is 2.60. The molecule has 1 unspecified atom stereocenters. The van der Waals surface area contributed by atoms with Gasteiger partial charge in [0.05, 0.1) is 0 Å². The molecule has 0 rings (SSSR count). The van der Waals surface area contributed by atoms with Crippen LogP contribution >= 0.6 is 0 Å². The zero-order valence-electron chi connectivity index (χ0n) is 5.59. The lowest BCUT2D eigenvalue weighted by atomic mass is 10.6. The van der Waals surface area contributed by atoms with Gasteiger partial charge in [-0.2, -0.15) is 0 Å². The number of nitrogens with zero attached hydrogens (tertiary/aromatic N) is 1. The summed E-state index contributed by atoms with van der Waals surface area (Å²) in [6.07, 6.45) is 0. The standard InChI is InChI=1S/C4H12N2O2S/c1-6(2)4-3-5-9(7)8/h5H,3-4H2,1-2H3,(H,7,8)/p-1. The van der Waals surface area contributed by atoms with E-state index in [1.54, 1.807) is 0 Å². The molecule has 4 nitrogen and oxygen atoms in total. The number of hydrogen-bond donors (Lipinski definition) is 1. The van der Waals surface area contributed by atoms with E-state index in [0.717, 1.165) is 6.54 Å². The largest absolute Gasteiger partial charge is 0.760 e. The van der Waals surface area contributed by atoms with Crippen LogP contribution in [0.15, 0.2) is 0 Å². The maximum atomic E-state index is 9.85. The molecular formula is C4H11N2O2S-. The Bertz CT molecular complexity index is 96.6. The molecule has 56 valence electrons. The average molecular weight is 151 g/mol. The fraction of sp³-hybridized carbons (Fsp3) is 1.00. The molecule has 0 bridgehead atoms. The van der Waals surface area contributed by atoms with E-state index >= 15 is 0 Å². The van der Waals surface area contributed by atoms with Crippen molar-refractivity contribution in [3.05, 3.63) is 0 Å². The summed E-state index contributed by atoms with van der Waals surface area (Å²) >= 11 is -2.11. The summed E-state index contributed by atoms with van der Waals surface area (Å²) in [5.41, 5.74) is 0. The van der Waals surface area contributed by atoms with Gasteiger partial charge in [-0.25, -0.2) is 4.72 Å². The molecule has 9 heavy (non-hydrogen) atoms. The maximum Gasteiger partial charge on any atom is 0.0199 e. The topological polar surface area (TPSA) is 55.4 Å². The number of likely N-dealkylation sites (N-methyl/N-ethyl adjacent to an activating group) is 1. The molecule has 0 aliphatic carbocycles. The Morgan fingerprint density at radius 1 is 1.67 bits per heavy atom. The van der Waals surface area contributed by atoms with Gasteiger partial charge < -0.3 is 9.45 Å². The molecule has 0 aromatic carbocycles. The van der Waals surface area contributed by atoms with Crippen molar-refractivity contribution in [2.75, 3.05) is 27.2 Å². The van der Waals surface area contributed by atoms with Crippen LogP contribution in [0.25, 0.3) is 0 Å². The maximum absolute atomic E-state index is 9.85. The van der Waals surface area contributed by atoms with Gasteiger partial charge in [0, 0.05) is 24.4 Å². The smallest absolute Gasteiger partial charge is 0.0199 e. The second-order valence-corrected chi connectivity index (χ2v) is 2.69. The fourth-order valence-electron chi connectivity index (χ4n) is 0.353. The van der Waals surface area contributed by atoms with E-state index in [1.807, 2.05) is 19.0 Å². The molecular weight excluding hydrogens is 140 g/mol. The van der Waals surface area contributed by atoms with Crippen LogP contribution in [0.5, 0.6) is 0 Å². The van der Waals surface area contributed by atoms with Crippen molar-refractivity contribution in [1.29, 1.82) is 0 Å². The normalized spacial score (nSPS) is 14.2. The van der Waals surface area contributed by atoms with Crippen molar-refractivity contribution in [2.45, 2.75) is 0 Å². The van der Waals surface area contributed by atoms with E-state index < -0.39 is 11.3 Å². The summed E-state index contributed by atoms with van der Waals surface area (Å²) in [6.45, 7) is 1.21. The van der Waals surface area contributed by atoms with Crippen LogP contribution in [-0.4, -0.2) is 40.8 Å². The molecule has 0 radical (unpaired) electrons. The summed E-state index contributed by atoms with van der Waals surface area (Å²) in [5, 5.41) is 0. The van der Waals surface area contributed by atoms with E-state index in [4.69, 9.17) is 0 Å². The Morgan fingerprint density at radius 3 is 2.56 bits per heavy atom. The van der Waals surface area contributed by atoms with Crippen LogP contribution < -0.4 is 4.72 Å². The molecule has 0 aliphatic heterocycles. The number of nitrogens with one attached hydrogen (secondary N) is 1. The first kappa shape index (κ1) is 9.03. The Balaban J connectivity index is 3.01. The van der Waals surface area contributed by atoms with Gasteiger partial charge in [0.1, 0.15) is 0 Å². The molecule has 0 aromatic rings. The SMILES string of the molecule is CN(C)CCNS(=O)[O-]. The van der Waals surface area contributed by atoms with Crippen molar-refractivity contribution in [2.24, 2.45) is 0 Å². The highest BCUT2D eigenvalue weighted by atomic mass is 32.2. The van der Waals surface area contributed by atoms with Crippen LogP contribution in [0.4, 0.5) is 0 Å². The molecule has 0 heterocycles. The van der Waals surface area contributed by atoms with E-state index in [0.29, 0.717) is 6.54 Å². The Morgan fingerprint density at radius 2 is 2.22 bits per heavy atom. The highest BCUT2D eigenvalue weighted by Crippen LogP contribution is 1.70. The molecule has 0 aromatic heterocycles. The Kier molecular flexibility index (Phi) is 4.88. The minimum atomic E-state index is -2.11. The van der Waals surface area contributed by atoms with Crippen molar-refractivity contribution in [3.63, 3.8) is 0 Å².